The third-order valence-corrected chi connectivity index (χ3v) is 4.50. The minimum Gasteiger partial charge on any atom is -0.334 e. The van der Waals surface area contributed by atoms with Gasteiger partial charge in [-0.3, -0.25) is 4.79 Å². The van der Waals surface area contributed by atoms with Crippen LogP contribution in [0, 0.1) is 0 Å². The molecular formula is C21H26N4O. The number of nitrogens with zero attached hydrogens (tertiary/aromatic N) is 4. The van der Waals surface area contributed by atoms with E-state index in [0.29, 0.717) is 12.1 Å². The largest absolute Gasteiger partial charge is 0.334 e. The third kappa shape index (κ3) is 3.93. The van der Waals surface area contributed by atoms with Gasteiger partial charge in [-0.2, -0.15) is 0 Å². The maximum atomic E-state index is 13.1. The first kappa shape index (κ1) is 18.1. The lowest BCUT2D eigenvalue weighted by Crippen LogP contribution is -2.31. The Morgan fingerprint density at radius 3 is 2.65 bits per heavy atom. The zero-order valence-electron chi connectivity index (χ0n) is 15.7. The zero-order chi connectivity index (χ0) is 18.5. The number of hydrogen-bond acceptors (Lipinski definition) is 3. The highest BCUT2D eigenvalue weighted by Crippen LogP contribution is 2.18. The number of fused-ring (bicyclic) bond motifs is 1. The van der Waals surface area contributed by atoms with Crippen molar-refractivity contribution in [1.82, 2.24) is 19.4 Å². The van der Waals surface area contributed by atoms with Gasteiger partial charge in [0.2, 0.25) is 0 Å². The SMILES string of the molecule is CCCCN(Cc1ccccc1)C(=O)c1cnc2c(c1)ncn2C(C)C. The first-order valence-corrected chi connectivity index (χ1v) is 9.26. The molecule has 3 rings (SSSR count). The monoisotopic (exact) mass is 350 g/mol. The van der Waals surface area contributed by atoms with Crippen LogP contribution in [0.25, 0.3) is 11.2 Å². The van der Waals surface area contributed by atoms with Crippen LogP contribution < -0.4 is 0 Å². The summed E-state index contributed by atoms with van der Waals surface area (Å²) in [5.41, 5.74) is 3.31. The maximum Gasteiger partial charge on any atom is 0.255 e. The molecule has 0 aliphatic heterocycles. The third-order valence-electron chi connectivity index (χ3n) is 4.50. The summed E-state index contributed by atoms with van der Waals surface area (Å²) in [4.78, 5) is 23.9. The molecule has 0 N–H and O–H groups in total. The molecule has 3 aromatic rings. The Morgan fingerprint density at radius 1 is 1.19 bits per heavy atom. The molecule has 0 spiro atoms. The van der Waals surface area contributed by atoms with Crippen molar-refractivity contribution >= 4 is 17.1 Å². The van der Waals surface area contributed by atoms with Crippen LogP contribution in [-0.2, 0) is 6.54 Å². The molecule has 0 saturated heterocycles. The lowest BCUT2D eigenvalue weighted by molar-refractivity contribution is 0.0740. The molecule has 1 amide bonds. The molecule has 136 valence electrons. The van der Waals surface area contributed by atoms with E-state index in [9.17, 15) is 4.79 Å². The van der Waals surface area contributed by atoms with Crippen LogP contribution in [0.5, 0.6) is 0 Å². The lowest BCUT2D eigenvalue weighted by Gasteiger charge is -2.22. The molecule has 26 heavy (non-hydrogen) atoms. The predicted molar refractivity (Wildman–Crippen MR) is 104 cm³/mol. The van der Waals surface area contributed by atoms with Crippen molar-refractivity contribution in [3.8, 4) is 0 Å². The second-order valence-electron chi connectivity index (χ2n) is 6.88. The Bertz CT molecular complexity index is 870. The fourth-order valence-corrected chi connectivity index (χ4v) is 3.00. The van der Waals surface area contributed by atoms with Gasteiger partial charge >= 0.3 is 0 Å². The van der Waals surface area contributed by atoms with E-state index in [1.165, 1.54) is 0 Å². The van der Waals surface area contributed by atoms with Crippen molar-refractivity contribution in [3.63, 3.8) is 0 Å². The van der Waals surface area contributed by atoms with Crippen LogP contribution in [0.1, 0.15) is 55.6 Å². The van der Waals surface area contributed by atoms with Crippen molar-refractivity contribution in [1.29, 1.82) is 0 Å². The Kier molecular flexibility index (Phi) is 5.66. The summed E-state index contributed by atoms with van der Waals surface area (Å²) in [5.74, 6) is 0.0100. The number of amides is 1. The normalized spacial score (nSPS) is 11.2. The summed E-state index contributed by atoms with van der Waals surface area (Å²) < 4.78 is 2.02. The fourth-order valence-electron chi connectivity index (χ4n) is 3.00. The van der Waals surface area contributed by atoms with Gasteiger partial charge < -0.3 is 9.47 Å². The van der Waals surface area contributed by atoms with Crippen LogP contribution in [0.3, 0.4) is 0 Å². The fraction of sp³-hybridized carbons (Fsp3) is 0.381. The zero-order valence-corrected chi connectivity index (χ0v) is 15.7. The molecule has 0 radical (unpaired) electrons. The summed E-state index contributed by atoms with van der Waals surface area (Å²) in [7, 11) is 0. The molecule has 2 heterocycles. The van der Waals surface area contributed by atoms with Gasteiger partial charge in [-0.25, -0.2) is 9.97 Å². The number of carbonyl (C=O) groups excluding carboxylic acids is 1. The number of benzene rings is 1. The van der Waals surface area contributed by atoms with Gasteiger partial charge in [0.1, 0.15) is 5.52 Å². The van der Waals surface area contributed by atoms with E-state index in [0.717, 1.165) is 36.1 Å². The highest BCUT2D eigenvalue weighted by atomic mass is 16.2. The molecule has 0 aliphatic rings. The van der Waals surface area contributed by atoms with Crippen LogP contribution in [0.2, 0.25) is 0 Å². The quantitative estimate of drug-likeness (QED) is 0.632. The molecule has 0 atom stereocenters. The highest BCUT2D eigenvalue weighted by Gasteiger charge is 2.18. The van der Waals surface area contributed by atoms with Crippen LogP contribution in [-0.4, -0.2) is 31.9 Å². The molecule has 2 aromatic heterocycles. The smallest absolute Gasteiger partial charge is 0.255 e. The van der Waals surface area contributed by atoms with Crippen LogP contribution in [0.4, 0.5) is 0 Å². The van der Waals surface area contributed by atoms with Crippen LogP contribution >= 0.6 is 0 Å². The second kappa shape index (κ2) is 8.13. The standard InChI is InChI=1S/C21H26N4O/c1-4-5-11-24(14-17-9-7-6-8-10-17)21(26)18-12-19-20(22-13-18)25(15-23-19)16(2)3/h6-10,12-13,15-16H,4-5,11,14H2,1-3H3. The number of unbranched alkanes of at least 4 members (excludes halogenated alkanes) is 1. The minimum atomic E-state index is 0.0100. The number of imidazole rings is 1. The van der Waals surface area contributed by atoms with Gasteiger partial charge in [-0.05, 0) is 31.9 Å². The highest BCUT2D eigenvalue weighted by molar-refractivity contribution is 5.96. The van der Waals surface area contributed by atoms with Crippen LogP contribution in [0.15, 0.2) is 48.9 Å². The number of pyridine rings is 1. The average molecular weight is 350 g/mol. The number of carbonyl (C=O) groups is 1. The van der Waals surface area contributed by atoms with Gasteiger partial charge in [-0.1, -0.05) is 43.7 Å². The second-order valence-corrected chi connectivity index (χ2v) is 6.88. The van der Waals surface area contributed by atoms with Crippen molar-refractivity contribution in [2.75, 3.05) is 6.54 Å². The Balaban J connectivity index is 1.86. The number of aromatic nitrogens is 3. The lowest BCUT2D eigenvalue weighted by atomic mass is 10.1. The molecular weight excluding hydrogens is 324 g/mol. The van der Waals surface area contributed by atoms with E-state index in [1.54, 1.807) is 12.5 Å². The molecule has 0 unspecified atom stereocenters. The molecule has 1 aromatic carbocycles. The topological polar surface area (TPSA) is 51.0 Å². The van der Waals surface area contributed by atoms with E-state index in [1.807, 2.05) is 33.7 Å². The van der Waals surface area contributed by atoms with E-state index in [-0.39, 0.29) is 11.9 Å². The van der Waals surface area contributed by atoms with Gasteiger partial charge in [0, 0.05) is 25.3 Å². The van der Waals surface area contributed by atoms with E-state index >= 15 is 0 Å². The summed E-state index contributed by atoms with van der Waals surface area (Å²) in [6, 6.07) is 12.2. The molecule has 0 aliphatic carbocycles. The minimum absolute atomic E-state index is 0.0100. The van der Waals surface area contributed by atoms with Crippen molar-refractivity contribution in [2.24, 2.45) is 0 Å². The molecule has 5 heteroatoms. The van der Waals surface area contributed by atoms with Crippen molar-refractivity contribution < 1.29 is 4.79 Å². The number of hydrogen-bond donors (Lipinski definition) is 0. The maximum absolute atomic E-state index is 13.1. The van der Waals surface area contributed by atoms with Gasteiger partial charge in [-0.15, -0.1) is 0 Å². The Morgan fingerprint density at radius 2 is 1.96 bits per heavy atom. The molecule has 5 nitrogen and oxygen atoms in total. The van der Waals surface area contributed by atoms with E-state index in [4.69, 9.17) is 0 Å². The first-order valence-electron chi connectivity index (χ1n) is 9.26. The molecule has 0 bridgehead atoms. The molecule has 0 saturated carbocycles. The molecule has 0 fully saturated rings. The summed E-state index contributed by atoms with van der Waals surface area (Å²) >= 11 is 0. The van der Waals surface area contributed by atoms with Crippen molar-refractivity contribution in [3.05, 3.63) is 60.0 Å². The van der Waals surface area contributed by atoms with Gasteiger partial charge in [0.15, 0.2) is 5.65 Å². The predicted octanol–water partition coefficient (Wildman–Crippen LogP) is 4.45. The summed E-state index contributed by atoms with van der Waals surface area (Å²) in [6.07, 6.45) is 5.50. The first-order chi connectivity index (χ1) is 12.6. The van der Waals surface area contributed by atoms with E-state index in [2.05, 4.69) is 42.9 Å². The van der Waals surface area contributed by atoms with Crippen molar-refractivity contribution in [2.45, 2.75) is 46.2 Å². The Hall–Kier alpha value is -2.69. The Labute approximate surface area is 154 Å². The summed E-state index contributed by atoms with van der Waals surface area (Å²) in [6.45, 7) is 7.67. The van der Waals surface area contributed by atoms with E-state index < -0.39 is 0 Å². The number of rotatable bonds is 7. The summed E-state index contributed by atoms with van der Waals surface area (Å²) in [5, 5.41) is 0. The van der Waals surface area contributed by atoms with Gasteiger partial charge in [0.25, 0.3) is 5.91 Å². The average Bonchev–Trinajstić information content (AvgIpc) is 3.09. The van der Waals surface area contributed by atoms with Gasteiger partial charge in [0.05, 0.1) is 11.9 Å².